The van der Waals surface area contributed by atoms with Gasteiger partial charge in [0.15, 0.2) is 5.67 Å². The fourth-order valence-corrected chi connectivity index (χ4v) is 5.05. The van der Waals surface area contributed by atoms with E-state index in [0.29, 0.717) is 13.0 Å². The number of nitrogens with zero attached hydrogens (tertiary/aromatic N) is 2. The SMILES string of the molecule is CCN(C(=O)C(NC(=O)C1(F)CC1)C(C)(C)C)C(C(=O)NC(C#N)CC1CCNC1=O)C1CC1(C)C. The number of nitriles is 1. The molecule has 0 aromatic heterocycles. The number of hydrogen-bond acceptors (Lipinski definition) is 5. The molecule has 2 aliphatic carbocycles. The zero-order chi connectivity index (χ0) is 27.1. The molecule has 3 N–H and O–H groups in total. The number of halogens is 1. The normalized spacial score (nSPS) is 26.0. The highest BCUT2D eigenvalue weighted by atomic mass is 19.1. The van der Waals surface area contributed by atoms with E-state index in [9.17, 15) is 28.8 Å². The molecule has 0 aromatic carbocycles. The van der Waals surface area contributed by atoms with Gasteiger partial charge in [-0.05, 0) is 55.8 Å². The molecule has 3 rings (SSSR count). The highest BCUT2D eigenvalue weighted by Gasteiger charge is 2.57. The van der Waals surface area contributed by atoms with Crippen molar-refractivity contribution in [1.82, 2.24) is 20.9 Å². The first-order valence-electron chi connectivity index (χ1n) is 12.9. The van der Waals surface area contributed by atoms with Crippen molar-refractivity contribution in [2.24, 2.45) is 22.7 Å². The van der Waals surface area contributed by atoms with Gasteiger partial charge in [0.05, 0.1) is 6.07 Å². The zero-order valence-electron chi connectivity index (χ0n) is 22.2. The molecule has 1 aliphatic heterocycles. The highest BCUT2D eigenvalue weighted by molar-refractivity contribution is 5.95. The van der Waals surface area contributed by atoms with Crippen LogP contribution in [0.1, 0.15) is 73.6 Å². The van der Waals surface area contributed by atoms with Crippen molar-refractivity contribution in [1.29, 1.82) is 5.26 Å². The van der Waals surface area contributed by atoms with Gasteiger partial charge in [-0.1, -0.05) is 34.6 Å². The molecule has 3 fully saturated rings. The predicted molar refractivity (Wildman–Crippen MR) is 131 cm³/mol. The number of amides is 4. The third kappa shape index (κ3) is 5.98. The van der Waals surface area contributed by atoms with E-state index >= 15 is 0 Å². The van der Waals surface area contributed by atoms with Crippen molar-refractivity contribution in [3.8, 4) is 6.07 Å². The summed E-state index contributed by atoms with van der Waals surface area (Å²) in [7, 11) is 0. The Bertz CT molecular complexity index is 949. The number of carbonyl (C=O) groups excluding carboxylic acids is 4. The van der Waals surface area contributed by atoms with Gasteiger partial charge in [0.25, 0.3) is 5.91 Å². The van der Waals surface area contributed by atoms with E-state index in [1.165, 1.54) is 4.90 Å². The number of likely N-dealkylation sites (N-methyl/N-ethyl adjacent to an activating group) is 1. The number of carbonyl (C=O) groups is 4. The van der Waals surface area contributed by atoms with Crippen LogP contribution < -0.4 is 16.0 Å². The van der Waals surface area contributed by atoms with Crippen LogP contribution in [-0.2, 0) is 19.2 Å². The van der Waals surface area contributed by atoms with Gasteiger partial charge in [0.1, 0.15) is 18.1 Å². The topological polar surface area (TPSA) is 131 Å². The Kier molecular flexibility index (Phi) is 7.73. The average Bonchev–Trinajstić information content (AvgIpc) is 3.63. The lowest BCUT2D eigenvalue weighted by Crippen LogP contribution is -2.61. The molecular formula is C26H40FN5O4. The number of hydrogen-bond donors (Lipinski definition) is 3. The molecule has 0 aromatic rings. The van der Waals surface area contributed by atoms with E-state index in [1.807, 2.05) is 13.8 Å². The quantitative estimate of drug-likeness (QED) is 0.417. The molecule has 2 saturated carbocycles. The summed E-state index contributed by atoms with van der Waals surface area (Å²) >= 11 is 0. The lowest BCUT2D eigenvalue weighted by Gasteiger charge is -2.38. The Morgan fingerprint density at radius 3 is 2.28 bits per heavy atom. The van der Waals surface area contributed by atoms with Crippen LogP contribution in [0.5, 0.6) is 0 Å². The van der Waals surface area contributed by atoms with E-state index < -0.39 is 46.9 Å². The second-order valence-corrected chi connectivity index (χ2v) is 12.3. The van der Waals surface area contributed by atoms with Gasteiger partial charge in [0.2, 0.25) is 17.7 Å². The lowest BCUT2D eigenvalue weighted by atomic mass is 9.85. The predicted octanol–water partition coefficient (Wildman–Crippen LogP) is 1.82. The Hall–Kier alpha value is -2.70. The molecule has 200 valence electrons. The van der Waals surface area contributed by atoms with E-state index in [4.69, 9.17) is 0 Å². The maximum atomic E-state index is 14.4. The molecule has 5 unspecified atom stereocenters. The van der Waals surface area contributed by atoms with Gasteiger partial charge in [-0.2, -0.15) is 5.26 Å². The highest BCUT2D eigenvalue weighted by Crippen LogP contribution is 2.55. The minimum absolute atomic E-state index is 0.125. The van der Waals surface area contributed by atoms with Crippen molar-refractivity contribution in [2.45, 2.75) is 97.4 Å². The average molecular weight is 506 g/mol. The van der Waals surface area contributed by atoms with Crippen LogP contribution in [0.4, 0.5) is 4.39 Å². The molecule has 5 atom stereocenters. The van der Waals surface area contributed by atoms with E-state index in [1.54, 1.807) is 27.7 Å². The fraction of sp³-hybridized carbons (Fsp3) is 0.808. The van der Waals surface area contributed by atoms with Gasteiger partial charge in [-0.25, -0.2) is 4.39 Å². The van der Waals surface area contributed by atoms with Gasteiger partial charge < -0.3 is 20.9 Å². The smallest absolute Gasteiger partial charge is 0.258 e. The minimum Gasteiger partial charge on any atom is -0.356 e. The molecule has 36 heavy (non-hydrogen) atoms. The van der Waals surface area contributed by atoms with E-state index in [0.717, 1.165) is 6.42 Å². The molecular weight excluding hydrogens is 465 g/mol. The summed E-state index contributed by atoms with van der Waals surface area (Å²) in [6.45, 7) is 11.9. The third-order valence-corrected chi connectivity index (χ3v) is 7.84. The van der Waals surface area contributed by atoms with Crippen molar-refractivity contribution in [3.63, 3.8) is 0 Å². The Morgan fingerprint density at radius 2 is 1.86 bits per heavy atom. The van der Waals surface area contributed by atoms with E-state index in [2.05, 4.69) is 22.0 Å². The van der Waals surface area contributed by atoms with Crippen molar-refractivity contribution >= 4 is 23.6 Å². The second kappa shape index (κ2) is 9.98. The number of rotatable bonds is 10. The van der Waals surface area contributed by atoms with Crippen LogP contribution in [0, 0.1) is 34.0 Å². The first kappa shape index (κ1) is 27.9. The Labute approximate surface area is 212 Å². The first-order chi connectivity index (χ1) is 16.6. The molecule has 1 heterocycles. The number of alkyl halides is 1. The minimum atomic E-state index is -1.93. The van der Waals surface area contributed by atoms with Crippen molar-refractivity contribution in [2.75, 3.05) is 13.1 Å². The summed E-state index contributed by atoms with van der Waals surface area (Å²) in [4.78, 5) is 53.4. The molecule has 3 aliphatic rings. The van der Waals surface area contributed by atoms with Gasteiger partial charge in [-0.3, -0.25) is 19.2 Å². The summed E-state index contributed by atoms with van der Waals surface area (Å²) < 4.78 is 14.4. The molecule has 10 heteroatoms. The monoisotopic (exact) mass is 505 g/mol. The molecule has 0 spiro atoms. The van der Waals surface area contributed by atoms with Gasteiger partial charge in [-0.15, -0.1) is 0 Å². The van der Waals surface area contributed by atoms with Crippen LogP contribution in [-0.4, -0.2) is 65.4 Å². The summed E-state index contributed by atoms with van der Waals surface area (Å²) in [5.74, 6) is -2.30. The summed E-state index contributed by atoms with van der Waals surface area (Å²) in [5.41, 5.74) is -2.83. The van der Waals surface area contributed by atoms with Crippen LogP contribution in [0.25, 0.3) is 0 Å². The molecule has 0 radical (unpaired) electrons. The van der Waals surface area contributed by atoms with Crippen LogP contribution in [0.3, 0.4) is 0 Å². The first-order valence-corrected chi connectivity index (χ1v) is 12.9. The standard InChI is InChI=1S/C26H40FN5O4/c1-7-32(22(35)19(24(2,3)4)31-23(36)26(27)9-10-26)18(17-13-25(17,5)6)21(34)30-16(14-28)12-15-8-11-29-20(15)33/h15-19H,7-13H2,1-6H3,(H,29,33)(H,30,34)(H,31,36). The number of nitrogens with one attached hydrogen (secondary N) is 3. The summed E-state index contributed by atoms with van der Waals surface area (Å²) in [6, 6.07) is -0.665. The second-order valence-electron chi connectivity index (χ2n) is 12.3. The van der Waals surface area contributed by atoms with Crippen LogP contribution >= 0.6 is 0 Å². The summed E-state index contributed by atoms with van der Waals surface area (Å²) in [5, 5.41) is 17.8. The lowest BCUT2D eigenvalue weighted by molar-refractivity contribution is -0.147. The maximum Gasteiger partial charge on any atom is 0.258 e. The Balaban J connectivity index is 1.82. The van der Waals surface area contributed by atoms with Gasteiger partial charge in [0, 0.05) is 19.0 Å². The Morgan fingerprint density at radius 1 is 1.25 bits per heavy atom. The molecule has 9 nitrogen and oxygen atoms in total. The largest absolute Gasteiger partial charge is 0.356 e. The molecule has 4 amide bonds. The third-order valence-electron chi connectivity index (χ3n) is 7.84. The van der Waals surface area contributed by atoms with E-state index in [-0.39, 0.29) is 49.0 Å². The van der Waals surface area contributed by atoms with Crippen LogP contribution in [0.2, 0.25) is 0 Å². The molecule has 1 saturated heterocycles. The fourth-order valence-electron chi connectivity index (χ4n) is 5.05. The van der Waals surface area contributed by atoms with Crippen molar-refractivity contribution < 1.29 is 23.6 Å². The molecule has 0 bridgehead atoms. The van der Waals surface area contributed by atoms with Gasteiger partial charge >= 0.3 is 0 Å². The summed E-state index contributed by atoms with van der Waals surface area (Å²) in [6.07, 6.45) is 1.80. The van der Waals surface area contributed by atoms with Crippen molar-refractivity contribution in [3.05, 3.63) is 0 Å². The van der Waals surface area contributed by atoms with Crippen LogP contribution in [0.15, 0.2) is 0 Å². The zero-order valence-corrected chi connectivity index (χ0v) is 22.2. The maximum absolute atomic E-state index is 14.4.